The lowest BCUT2D eigenvalue weighted by Crippen LogP contribution is -2.22. The van der Waals surface area contributed by atoms with E-state index in [0.717, 1.165) is 11.3 Å². The van der Waals surface area contributed by atoms with Gasteiger partial charge in [-0.05, 0) is 30.7 Å². The van der Waals surface area contributed by atoms with Crippen molar-refractivity contribution in [1.82, 2.24) is 4.72 Å². The van der Waals surface area contributed by atoms with Gasteiger partial charge in [0.05, 0.1) is 6.54 Å². The smallest absolute Gasteiger partial charge is 0.274 e. The van der Waals surface area contributed by atoms with Gasteiger partial charge in [-0.3, -0.25) is 0 Å². The van der Waals surface area contributed by atoms with E-state index in [-0.39, 0.29) is 18.2 Å². The zero-order chi connectivity index (χ0) is 13.9. The average molecular weight is 300 g/mol. The monoisotopic (exact) mass is 300 g/mol. The second-order valence-electron chi connectivity index (χ2n) is 3.97. The molecule has 2 aromatic rings. The second kappa shape index (κ2) is 5.87. The maximum atomic E-state index is 12.0. The number of sulfonamides is 1. The number of nitrogens with two attached hydrogens (primary N) is 1. The molecule has 0 saturated carbocycles. The molecule has 0 bridgehead atoms. The van der Waals surface area contributed by atoms with Gasteiger partial charge in [-0.2, -0.15) is 0 Å². The lowest BCUT2D eigenvalue weighted by atomic mass is 10.4. The number of hydrogen-bond acceptors (Lipinski definition) is 5. The molecule has 0 aromatic carbocycles. The highest BCUT2D eigenvalue weighted by molar-refractivity contribution is 7.89. The third kappa shape index (κ3) is 3.44. The van der Waals surface area contributed by atoms with Crippen molar-refractivity contribution in [1.29, 1.82) is 0 Å². The molecule has 5 nitrogen and oxygen atoms in total. The Hall–Kier alpha value is -1.15. The van der Waals surface area contributed by atoms with Crippen LogP contribution < -0.4 is 10.5 Å². The minimum atomic E-state index is -3.61. The van der Waals surface area contributed by atoms with E-state index < -0.39 is 10.0 Å². The van der Waals surface area contributed by atoms with Gasteiger partial charge in [0.1, 0.15) is 5.76 Å². The SMILES string of the molecule is CCc1ccc(CNS(=O)(=O)c2ccc(CN)o2)s1. The van der Waals surface area contributed by atoms with Crippen LogP contribution in [-0.4, -0.2) is 8.42 Å². The number of nitrogens with one attached hydrogen (secondary N) is 1. The van der Waals surface area contributed by atoms with E-state index in [1.165, 1.54) is 10.9 Å². The van der Waals surface area contributed by atoms with E-state index in [9.17, 15) is 8.42 Å². The molecule has 0 saturated heterocycles. The molecule has 2 aromatic heterocycles. The van der Waals surface area contributed by atoms with Crippen molar-refractivity contribution < 1.29 is 12.8 Å². The van der Waals surface area contributed by atoms with Crippen LogP contribution in [0.5, 0.6) is 0 Å². The highest BCUT2D eigenvalue weighted by Gasteiger charge is 2.18. The summed E-state index contributed by atoms with van der Waals surface area (Å²) in [7, 11) is -3.61. The Kier molecular flexibility index (Phi) is 4.41. The third-order valence-electron chi connectivity index (χ3n) is 2.61. The summed E-state index contributed by atoms with van der Waals surface area (Å²) in [4.78, 5) is 2.21. The highest BCUT2D eigenvalue weighted by atomic mass is 32.2. The van der Waals surface area contributed by atoms with Crippen molar-refractivity contribution in [2.45, 2.75) is 31.5 Å². The van der Waals surface area contributed by atoms with Crippen LogP contribution in [0.4, 0.5) is 0 Å². The van der Waals surface area contributed by atoms with Crippen LogP contribution in [0.3, 0.4) is 0 Å². The van der Waals surface area contributed by atoms with Gasteiger partial charge in [0.25, 0.3) is 10.0 Å². The second-order valence-corrected chi connectivity index (χ2v) is 6.92. The minimum absolute atomic E-state index is 0.0970. The summed E-state index contributed by atoms with van der Waals surface area (Å²) in [6, 6.07) is 6.92. The topological polar surface area (TPSA) is 85.3 Å². The molecule has 2 heterocycles. The van der Waals surface area contributed by atoms with Crippen LogP contribution in [0.25, 0.3) is 0 Å². The molecule has 2 rings (SSSR count). The summed E-state index contributed by atoms with van der Waals surface area (Å²) in [5.41, 5.74) is 5.38. The molecule has 0 unspecified atom stereocenters. The Balaban J connectivity index is 2.05. The Labute approximate surface area is 116 Å². The standard InChI is InChI=1S/C12H16N2O3S2/c1-2-10-4-5-11(18-10)8-14-19(15,16)12-6-3-9(7-13)17-12/h3-6,14H,2,7-8,13H2,1H3. The molecule has 0 spiro atoms. The van der Waals surface area contributed by atoms with Crippen molar-refractivity contribution in [2.24, 2.45) is 5.73 Å². The van der Waals surface area contributed by atoms with E-state index in [2.05, 4.69) is 11.6 Å². The van der Waals surface area contributed by atoms with E-state index in [1.807, 2.05) is 12.1 Å². The molecule has 19 heavy (non-hydrogen) atoms. The van der Waals surface area contributed by atoms with Crippen molar-refractivity contribution >= 4 is 21.4 Å². The fourth-order valence-electron chi connectivity index (χ4n) is 1.56. The molecule has 7 heteroatoms. The van der Waals surface area contributed by atoms with Crippen LogP contribution in [0.1, 0.15) is 22.4 Å². The van der Waals surface area contributed by atoms with Crippen LogP contribution >= 0.6 is 11.3 Å². The van der Waals surface area contributed by atoms with Crippen LogP contribution in [0.15, 0.2) is 33.8 Å². The fourth-order valence-corrected chi connectivity index (χ4v) is 3.50. The number of rotatable bonds is 6. The Morgan fingerprint density at radius 2 is 2.00 bits per heavy atom. The van der Waals surface area contributed by atoms with E-state index >= 15 is 0 Å². The van der Waals surface area contributed by atoms with Crippen molar-refractivity contribution in [3.05, 3.63) is 39.8 Å². The highest BCUT2D eigenvalue weighted by Crippen LogP contribution is 2.18. The van der Waals surface area contributed by atoms with Crippen LogP contribution in [0.2, 0.25) is 0 Å². The van der Waals surface area contributed by atoms with Crippen LogP contribution in [0, 0.1) is 0 Å². The van der Waals surface area contributed by atoms with Gasteiger partial charge in [-0.25, -0.2) is 13.1 Å². The maximum absolute atomic E-state index is 12.0. The molecule has 0 fully saturated rings. The quantitative estimate of drug-likeness (QED) is 0.852. The first-order valence-electron chi connectivity index (χ1n) is 5.91. The molecule has 0 aliphatic carbocycles. The van der Waals surface area contributed by atoms with E-state index in [4.69, 9.17) is 10.2 Å². The normalized spacial score (nSPS) is 11.9. The summed E-state index contributed by atoms with van der Waals surface area (Å²) >= 11 is 1.60. The first-order valence-corrected chi connectivity index (χ1v) is 8.21. The van der Waals surface area contributed by atoms with Gasteiger partial charge in [0.15, 0.2) is 0 Å². The van der Waals surface area contributed by atoms with Gasteiger partial charge in [0.2, 0.25) is 5.09 Å². The number of furan rings is 1. The summed E-state index contributed by atoms with van der Waals surface area (Å²) < 4.78 is 31.6. The summed E-state index contributed by atoms with van der Waals surface area (Å²) in [6.07, 6.45) is 0.954. The Bertz CT molecular complexity index is 643. The van der Waals surface area contributed by atoms with Gasteiger partial charge >= 0.3 is 0 Å². The zero-order valence-electron chi connectivity index (χ0n) is 10.5. The molecule has 3 N–H and O–H groups in total. The first-order chi connectivity index (χ1) is 9.05. The molecule has 0 aliphatic rings. The summed E-state index contributed by atoms with van der Waals surface area (Å²) in [5.74, 6) is 0.449. The van der Waals surface area contributed by atoms with Gasteiger partial charge in [-0.15, -0.1) is 11.3 Å². The van der Waals surface area contributed by atoms with E-state index in [0.29, 0.717) is 5.76 Å². The van der Waals surface area contributed by atoms with Crippen LogP contribution in [-0.2, 0) is 29.5 Å². The molecule has 0 aliphatic heterocycles. The molecule has 0 atom stereocenters. The van der Waals surface area contributed by atoms with Gasteiger partial charge in [0, 0.05) is 16.3 Å². The maximum Gasteiger partial charge on any atom is 0.274 e. The number of aryl methyl sites for hydroxylation is 1. The van der Waals surface area contributed by atoms with Crippen molar-refractivity contribution in [3.8, 4) is 0 Å². The Morgan fingerprint density at radius 3 is 2.58 bits per heavy atom. The average Bonchev–Trinajstić information content (AvgIpc) is 3.05. The molecular weight excluding hydrogens is 284 g/mol. The van der Waals surface area contributed by atoms with Crippen molar-refractivity contribution in [2.75, 3.05) is 0 Å². The van der Waals surface area contributed by atoms with Gasteiger partial charge < -0.3 is 10.2 Å². The minimum Gasteiger partial charge on any atom is -0.447 e. The lowest BCUT2D eigenvalue weighted by Gasteiger charge is -2.02. The molecule has 0 radical (unpaired) electrons. The summed E-state index contributed by atoms with van der Waals surface area (Å²) in [6.45, 7) is 2.52. The number of hydrogen-bond donors (Lipinski definition) is 2. The lowest BCUT2D eigenvalue weighted by molar-refractivity contribution is 0.413. The third-order valence-corrected chi connectivity index (χ3v) is 5.11. The van der Waals surface area contributed by atoms with Crippen molar-refractivity contribution in [3.63, 3.8) is 0 Å². The Morgan fingerprint density at radius 1 is 1.26 bits per heavy atom. The molecule has 0 amide bonds. The molecular formula is C12H16N2O3S2. The largest absolute Gasteiger partial charge is 0.447 e. The van der Waals surface area contributed by atoms with Gasteiger partial charge in [-0.1, -0.05) is 6.92 Å². The first kappa shape index (κ1) is 14.3. The predicted octanol–water partition coefficient (Wildman–Crippen LogP) is 1.84. The predicted molar refractivity (Wildman–Crippen MR) is 74.3 cm³/mol. The number of thiophene rings is 1. The summed E-state index contributed by atoms with van der Waals surface area (Å²) in [5, 5.41) is -0.0970. The van der Waals surface area contributed by atoms with E-state index in [1.54, 1.807) is 17.4 Å². The molecule has 104 valence electrons. The fraction of sp³-hybridized carbons (Fsp3) is 0.333. The zero-order valence-corrected chi connectivity index (χ0v) is 12.2.